The van der Waals surface area contributed by atoms with Crippen molar-refractivity contribution in [2.75, 3.05) is 7.11 Å². The number of benzene rings is 1. The van der Waals surface area contributed by atoms with Gasteiger partial charge in [0.25, 0.3) is 0 Å². The number of ether oxygens (including phenoxy) is 1. The Labute approximate surface area is 129 Å². The van der Waals surface area contributed by atoms with Gasteiger partial charge in [0.05, 0.1) is 24.2 Å². The fourth-order valence-corrected chi connectivity index (χ4v) is 2.94. The number of rotatable bonds is 2. The number of hydrogen-bond acceptors (Lipinski definition) is 3. The smallest absolute Gasteiger partial charge is 0.118 e. The molecule has 1 aliphatic rings. The highest BCUT2D eigenvalue weighted by Crippen LogP contribution is 2.32. The van der Waals surface area contributed by atoms with Crippen LogP contribution in [0.4, 0.5) is 0 Å². The van der Waals surface area contributed by atoms with Crippen molar-refractivity contribution in [1.29, 1.82) is 0 Å². The van der Waals surface area contributed by atoms with Gasteiger partial charge in [0.2, 0.25) is 0 Å². The van der Waals surface area contributed by atoms with Crippen LogP contribution in [0.15, 0.2) is 54.7 Å². The molecule has 0 saturated heterocycles. The first kappa shape index (κ1) is 13.0. The third-order valence-electron chi connectivity index (χ3n) is 4.14. The zero-order chi connectivity index (χ0) is 14.9. The van der Waals surface area contributed by atoms with E-state index in [1.807, 2.05) is 36.5 Å². The maximum absolute atomic E-state index is 5.21. The van der Waals surface area contributed by atoms with E-state index < -0.39 is 0 Å². The number of aryl methyl sites for hydroxylation is 2. The van der Waals surface area contributed by atoms with E-state index in [4.69, 9.17) is 9.72 Å². The molecule has 1 aliphatic carbocycles. The lowest BCUT2D eigenvalue weighted by Crippen LogP contribution is -2.07. The summed E-state index contributed by atoms with van der Waals surface area (Å²) in [6.45, 7) is 0. The molecular formula is C19H16N2O. The molecule has 0 N–H and O–H groups in total. The lowest BCUT2D eigenvalue weighted by Gasteiger charge is -2.18. The van der Waals surface area contributed by atoms with E-state index in [0.29, 0.717) is 0 Å². The summed E-state index contributed by atoms with van der Waals surface area (Å²) < 4.78 is 5.21. The minimum atomic E-state index is 0.855. The average molecular weight is 288 g/mol. The zero-order valence-electron chi connectivity index (χ0n) is 12.4. The summed E-state index contributed by atoms with van der Waals surface area (Å²) in [6, 6.07) is 16.4. The number of pyridine rings is 2. The minimum Gasteiger partial charge on any atom is -0.497 e. The van der Waals surface area contributed by atoms with Crippen LogP contribution >= 0.6 is 0 Å². The van der Waals surface area contributed by atoms with E-state index in [-0.39, 0.29) is 0 Å². The lowest BCUT2D eigenvalue weighted by atomic mass is 9.92. The summed E-state index contributed by atoms with van der Waals surface area (Å²) in [4.78, 5) is 9.42. The molecule has 3 aromatic rings. The lowest BCUT2D eigenvalue weighted by molar-refractivity contribution is 0.415. The molecule has 0 bridgehead atoms. The van der Waals surface area contributed by atoms with Gasteiger partial charge in [0.1, 0.15) is 5.75 Å². The Kier molecular flexibility index (Phi) is 3.11. The van der Waals surface area contributed by atoms with Crippen LogP contribution in [0, 0.1) is 0 Å². The van der Waals surface area contributed by atoms with Gasteiger partial charge in [0.15, 0.2) is 0 Å². The van der Waals surface area contributed by atoms with Crippen LogP contribution in [0.1, 0.15) is 11.1 Å². The highest BCUT2D eigenvalue weighted by atomic mass is 16.5. The van der Waals surface area contributed by atoms with Crippen LogP contribution in [-0.4, -0.2) is 17.1 Å². The summed E-state index contributed by atoms with van der Waals surface area (Å²) in [6.07, 6.45) is 3.92. The van der Waals surface area contributed by atoms with Gasteiger partial charge in [-0.1, -0.05) is 12.1 Å². The van der Waals surface area contributed by atoms with Crippen molar-refractivity contribution < 1.29 is 4.74 Å². The Bertz CT molecular complexity index is 825. The summed E-state index contributed by atoms with van der Waals surface area (Å²) in [5, 5.41) is 0. The van der Waals surface area contributed by atoms with Crippen LogP contribution in [0.25, 0.3) is 22.6 Å². The largest absolute Gasteiger partial charge is 0.497 e. The fourth-order valence-electron chi connectivity index (χ4n) is 2.94. The van der Waals surface area contributed by atoms with Gasteiger partial charge in [-0.05, 0) is 60.4 Å². The molecule has 2 heterocycles. The number of nitrogens with zero attached hydrogens (tertiary/aromatic N) is 2. The monoisotopic (exact) mass is 288 g/mol. The summed E-state index contributed by atoms with van der Waals surface area (Å²) >= 11 is 0. The van der Waals surface area contributed by atoms with Gasteiger partial charge in [-0.15, -0.1) is 0 Å². The normalized spacial score (nSPS) is 12.4. The van der Waals surface area contributed by atoms with Crippen molar-refractivity contribution in [2.24, 2.45) is 0 Å². The van der Waals surface area contributed by atoms with E-state index in [2.05, 4.69) is 23.2 Å². The average Bonchev–Trinajstić information content (AvgIpc) is 2.61. The van der Waals surface area contributed by atoms with Crippen molar-refractivity contribution in [1.82, 2.24) is 9.97 Å². The third kappa shape index (κ3) is 2.15. The molecule has 0 spiro atoms. The number of methoxy groups -OCH3 is 1. The van der Waals surface area contributed by atoms with Crippen molar-refractivity contribution in [3.05, 3.63) is 65.9 Å². The van der Waals surface area contributed by atoms with E-state index in [1.54, 1.807) is 7.11 Å². The fraction of sp³-hybridized carbons (Fsp3) is 0.158. The van der Waals surface area contributed by atoms with Gasteiger partial charge in [-0.2, -0.15) is 0 Å². The predicted octanol–water partition coefficient (Wildman–Crippen LogP) is 3.92. The second-order valence-electron chi connectivity index (χ2n) is 5.44. The molecule has 3 heteroatoms. The first-order valence-corrected chi connectivity index (χ1v) is 7.44. The molecule has 0 atom stereocenters. The minimum absolute atomic E-state index is 0.855. The van der Waals surface area contributed by atoms with E-state index in [9.17, 15) is 0 Å². The van der Waals surface area contributed by atoms with Gasteiger partial charge < -0.3 is 4.74 Å². The molecule has 1 aromatic carbocycles. The Balaban J connectivity index is 1.81. The predicted molar refractivity (Wildman–Crippen MR) is 86.9 cm³/mol. The van der Waals surface area contributed by atoms with Gasteiger partial charge >= 0.3 is 0 Å². The maximum atomic E-state index is 5.21. The Morgan fingerprint density at radius 2 is 1.64 bits per heavy atom. The summed E-state index contributed by atoms with van der Waals surface area (Å²) in [5.74, 6) is 0.855. The summed E-state index contributed by atoms with van der Waals surface area (Å²) in [7, 11) is 1.68. The van der Waals surface area contributed by atoms with Crippen LogP contribution in [0.2, 0.25) is 0 Å². The van der Waals surface area contributed by atoms with Crippen molar-refractivity contribution in [3.8, 4) is 28.4 Å². The molecule has 0 aliphatic heterocycles. The van der Waals surface area contributed by atoms with E-state index >= 15 is 0 Å². The zero-order valence-corrected chi connectivity index (χ0v) is 12.4. The second-order valence-corrected chi connectivity index (χ2v) is 5.44. The third-order valence-corrected chi connectivity index (χ3v) is 4.14. The molecule has 0 saturated carbocycles. The molecule has 2 aromatic heterocycles. The highest BCUT2D eigenvalue weighted by Gasteiger charge is 2.18. The van der Waals surface area contributed by atoms with Gasteiger partial charge in [0, 0.05) is 11.8 Å². The molecule has 0 amide bonds. The number of aromatic nitrogens is 2. The molecule has 22 heavy (non-hydrogen) atoms. The van der Waals surface area contributed by atoms with Crippen molar-refractivity contribution >= 4 is 0 Å². The Morgan fingerprint density at radius 1 is 0.864 bits per heavy atom. The molecule has 0 unspecified atom stereocenters. The Morgan fingerprint density at radius 3 is 2.41 bits per heavy atom. The molecule has 3 nitrogen and oxygen atoms in total. The van der Waals surface area contributed by atoms with E-state index in [0.717, 1.165) is 41.2 Å². The van der Waals surface area contributed by atoms with Gasteiger partial charge in [-0.25, -0.2) is 4.98 Å². The second kappa shape index (κ2) is 5.26. The number of hydrogen-bond donors (Lipinski definition) is 0. The Hall–Kier alpha value is -2.68. The first-order valence-electron chi connectivity index (χ1n) is 7.44. The van der Waals surface area contributed by atoms with Crippen LogP contribution in [0.3, 0.4) is 0 Å². The highest BCUT2D eigenvalue weighted by molar-refractivity contribution is 5.70. The molecule has 0 fully saturated rings. The quantitative estimate of drug-likeness (QED) is 0.717. The number of fused-ring (bicyclic) bond motifs is 3. The maximum Gasteiger partial charge on any atom is 0.118 e. The van der Waals surface area contributed by atoms with Crippen LogP contribution < -0.4 is 4.74 Å². The molecule has 0 radical (unpaired) electrons. The van der Waals surface area contributed by atoms with Gasteiger partial charge in [-0.3, -0.25) is 4.98 Å². The van der Waals surface area contributed by atoms with Crippen LogP contribution in [0.5, 0.6) is 5.75 Å². The van der Waals surface area contributed by atoms with Crippen LogP contribution in [-0.2, 0) is 12.8 Å². The van der Waals surface area contributed by atoms with E-state index in [1.165, 1.54) is 11.1 Å². The molecule has 108 valence electrons. The standard InChI is InChI=1S/C19H16N2O/c1-22-16-9-6-13(7-10-16)17-11-8-15-5-4-14-3-2-12-20-18(14)19(15)21-17/h2-3,6-12H,4-5H2,1H3. The van der Waals surface area contributed by atoms with Crippen molar-refractivity contribution in [3.63, 3.8) is 0 Å². The SMILES string of the molecule is COc1ccc(-c2ccc3c(n2)-c2ncccc2CC3)cc1. The first-order chi connectivity index (χ1) is 10.8. The van der Waals surface area contributed by atoms with Crippen molar-refractivity contribution in [2.45, 2.75) is 12.8 Å². The molecule has 4 rings (SSSR count). The topological polar surface area (TPSA) is 35.0 Å². The summed E-state index contributed by atoms with van der Waals surface area (Å²) in [5.41, 5.74) is 6.68. The molecular weight excluding hydrogens is 272 g/mol.